The minimum Gasteiger partial charge on any atom is -0.384 e. The van der Waals surface area contributed by atoms with Gasteiger partial charge in [0.2, 0.25) is 0 Å². The monoisotopic (exact) mass is 199 g/mol. The van der Waals surface area contributed by atoms with Crippen LogP contribution >= 0.6 is 11.6 Å². The second kappa shape index (κ2) is 4.94. The molecular weight excluding hydrogens is 190 g/mol. The van der Waals surface area contributed by atoms with Crippen LogP contribution < -0.4 is 0 Å². The topological polar surface area (TPSA) is 39.2 Å². The van der Waals surface area contributed by atoms with Crippen LogP contribution in [0.3, 0.4) is 0 Å². The van der Waals surface area contributed by atoms with E-state index in [0.717, 1.165) is 0 Å². The third-order valence-electron chi connectivity index (χ3n) is 1.64. The standard InChI is InChI=1S/C9H10ClNO2/c1-13-6-4-8-7(9(10)12)3-2-5-11-8/h2-3,5H,4,6H2,1H3. The number of carbonyl (C=O) groups excluding carboxylic acids is 1. The molecule has 0 aliphatic heterocycles. The maximum absolute atomic E-state index is 10.9. The van der Waals surface area contributed by atoms with Crippen LogP contribution in [0.1, 0.15) is 16.1 Å². The smallest absolute Gasteiger partial charge is 0.254 e. The van der Waals surface area contributed by atoms with Gasteiger partial charge in [-0.05, 0) is 23.7 Å². The van der Waals surface area contributed by atoms with Crippen molar-refractivity contribution in [2.24, 2.45) is 0 Å². The summed E-state index contributed by atoms with van der Waals surface area (Å²) < 4.78 is 4.89. The van der Waals surface area contributed by atoms with Crippen LogP contribution in [0.25, 0.3) is 0 Å². The maximum Gasteiger partial charge on any atom is 0.254 e. The highest BCUT2D eigenvalue weighted by atomic mass is 35.5. The van der Waals surface area contributed by atoms with Gasteiger partial charge in [0.1, 0.15) is 0 Å². The summed E-state index contributed by atoms with van der Waals surface area (Å²) in [6.45, 7) is 0.536. The van der Waals surface area contributed by atoms with E-state index in [1.165, 1.54) is 0 Å². The number of nitrogens with zero attached hydrogens (tertiary/aromatic N) is 1. The molecule has 0 amide bonds. The number of rotatable bonds is 4. The van der Waals surface area contributed by atoms with Crippen LogP contribution in [0.5, 0.6) is 0 Å². The minimum absolute atomic E-state index is 0.459. The van der Waals surface area contributed by atoms with Crippen molar-refractivity contribution in [2.45, 2.75) is 6.42 Å². The Hall–Kier alpha value is -0.930. The average molecular weight is 200 g/mol. The van der Waals surface area contributed by atoms with Gasteiger partial charge in [-0.25, -0.2) is 0 Å². The van der Waals surface area contributed by atoms with E-state index >= 15 is 0 Å². The van der Waals surface area contributed by atoms with E-state index in [9.17, 15) is 4.79 Å². The van der Waals surface area contributed by atoms with Gasteiger partial charge < -0.3 is 4.74 Å². The molecule has 0 bridgehead atoms. The molecule has 0 fully saturated rings. The molecule has 0 unspecified atom stereocenters. The molecule has 3 nitrogen and oxygen atoms in total. The summed E-state index contributed by atoms with van der Waals surface area (Å²) in [5, 5.41) is -0.473. The molecule has 1 heterocycles. The van der Waals surface area contributed by atoms with Crippen molar-refractivity contribution >= 4 is 16.8 Å². The molecule has 0 N–H and O–H groups in total. The van der Waals surface area contributed by atoms with Crippen molar-refractivity contribution in [1.29, 1.82) is 0 Å². The zero-order valence-electron chi connectivity index (χ0n) is 7.29. The highest BCUT2D eigenvalue weighted by Gasteiger charge is 2.08. The third-order valence-corrected chi connectivity index (χ3v) is 1.85. The number of hydrogen-bond donors (Lipinski definition) is 0. The van der Waals surface area contributed by atoms with Gasteiger partial charge in [-0.15, -0.1) is 0 Å². The second-order valence-electron chi connectivity index (χ2n) is 2.51. The van der Waals surface area contributed by atoms with E-state index < -0.39 is 5.24 Å². The Morgan fingerprint density at radius 1 is 1.69 bits per heavy atom. The average Bonchev–Trinajstić information content (AvgIpc) is 2.15. The molecule has 0 aliphatic rings. The molecular formula is C9H10ClNO2. The molecule has 13 heavy (non-hydrogen) atoms. The first-order valence-electron chi connectivity index (χ1n) is 3.88. The Labute approximate surface area is 81.7 Å². The highest BCUT2D eigenvalue weighted by Crippen LogP contribution is 2.09. The summed E-state index contributed by atoms with van der Waals surface area (Å²) in [6, 6.07) is 3.35. The molecule has 0 saturated carbocycles. The fourth-order valence-electron chi connectivity index (χ4n) is 1.01. The van der Waals surface area contributed by atoms with Gasteiger partial charge in [0.25, 0.3) is 5.24 Å². The molecule has 0 atom stereocenters. The largest absolute Gasteiger partial charge is 0.384 e. The number of halogens is 1. The molecule has 1 rings (SSSR count). The molecule has 1 aromatic heterocycles. The lowest BCUT2D eigenvalue weighted by molar-refractivity contribution is 0.107. The normalized spacial score (nSPS) is 10.0. The number of carbonyl (C=O) groups is 1. The van der Waals surface area contributed by atoms with Crippen molar-refractivity contribution in [2.75, 3.05) is 13.7 Å². The van der Waals surface area contributed by atoms with Gasteiger partial charge in [0.05, 0.1) is 17.9 Å². The van der Waals surface area contributed by atoms with Crippen molar-refractivity contribution in [3.05, 3.63) is 29.6 Å². The SMILES string of the molecule is COCCc1ncccc1C(=O)Cl. The quantitative estimate of drug-likeness (QED) is 0.693. The van der Waals surface area contributed by atoms with Crippen molar-refractivity contribution in [3.8, 4) is 0 Å². The molecule has 0 radical (unpaired) electrons. The van der Waals surface area contributed by atoms with Crippen molar-refractivity contribution in [1.82, 2.24) is 4.98 Å². The predicted octanol–water partition coefficient (Wildman–Crippen LogP) is 1.65. The van der Waals surface area contributed by atoms with Crippen molar-refractivity contribution in [3.63, 3.8) is 0 Å². The fourth-order valence-corrected chi connectivity index (χ4v) is 1.19. The highest BCUT2D eigenvalue weighted by molar-refractivity contribution is 6.67. The van der Waals surface area contributed by atoms with Crippen LogP contribution in [0, 0.1) is 0 Å². The lowest BCUT2D eigenvalue weighted by Crippen LogP contribution is -2.03. The maximum atomic E-state index is 10.9. The molecule has 0 spiro atoms. The van der Waals surface area contributed by atoms with E-state index in [1.807, 2.05) is 0 Å². The zero-order valence-corrected chi connectivity index (χ0v) is 8.04. The lowest BCUT2D eigenvalue weighted by Gasteiger charge is -2.02. The van der Waals surface area contributed by atoms with E-state index in [4.69, 9.17) is 16.3 Å². The van der Waals surface area contributed by atoms with Crippen LogP contribution in [0.15, 0.2) is 18.3 Å². The van der Waals surface area contributed by atoms with Crippen molar-refractivity contribution < 1.29 is 9.53 Å². The summed E-state index contributed by atoms with van der Waals surface area (Å²) in [4.78, 5) is 15.0. The summed E-state index contributed by atoms with van der Waals surface area (Å²) in [7, 11) is 1.60. The summed E-state index contributed by atoms with van der Waals surface area (Å²) in [5.41, 5.74) is 1.14. The first-order chi connectivity index (χ1) is 6.25. The first-order valence-corrected chi connectivity index (χ1v) is 4.26. The fraction of sp³-hybridized carbons (Fsp3) is 0.333. The van der Waals surface area contributed by atoms with Crippen LogP contribution in [0.2, 0.25) is 0 Å². The number of methoxy groups -OCH3 is 1. The summed E-state index contributed by atoms with van der Waals surface area (Å²) >= 11 is 5.37. The summed E-state index contributed by atoms with van der Waals surface area (Å²) in [6.07, 6.45) is 2.24. The number of ether oxygens (including phenoxy) is 1. The second-order valence-corrected chi connectivity index (χ2v) is 2.86. The molecule has 70 valence electrons. The molecule has 0 aromatic carbocycles. The lowest BCUT2D eigenvalue weighted by atomic mass is 10.1. The summed E-state index contributed by atoms with van der Waals surface area (Å²) in [5.74, 6) is 0. The van der Waals surface area contributed by atoms with E-state index in [-0.39, 0.29) is 0 Å². The Morgan fingerprint density at radius 2 is 2.46 bits per heavy atom. The predicted molar refractivity (Wildman–Crippen MR) is 50.0 cm³/mol. The van der Waals surface area contributed by atoms with Gasteiger partial charge in [-0.2, -0.15) is 0 Å². The van der Waals surface area contributed by atoms with E-state index in [1.54, 1.807) is 25.4 Å². The first kappa shape index (κ1) is 10.2. The number of pyridine rings is 1. The van der Waals surface area contributed by atoms with Crippen LogP contribution in [-0.2, 0) is 11.2 Å². The molecule has 0 aliphatic carbocycles. The number of hydrogen-bond acceptors (Lipinski definition) is 3. The van der Waals surface area contributed by atoms with Crippen LogP contribution in [0.4, 0.5) is 0 Å². The van der Waals surface area contributed by atoms with Gasteiger partial charge in [0, 0.05) is 19.7 Å². The zero-order chi connectivity index (χ0) is 9.68. The molecule has 4 heteroatoms. The van der Waals surface area contributed by atoms with E-state index in [0.29, 0.717) is 24.3 Å². The van der Waals surface area contributed by atoms with E-state index in [2.05, 4.69) is 4.98 Å². The Balaban J connectivity index is 2.84. The van der Waals surface area contributed by atoms with Gasteiger partial charge in [-0.1, -0.05) is 0 Å². The third kappa shape index (κ3) is 2.79. The molecule has 0 saturated heterocycles. The molecule has 1 aromatic rings. The van der Waals surface area contributed by atoms with Crippen LogP contribution in [-0.4, -0.2) is 23.9 Å². The number of aromatic nitrogens is 1. The van der Waals surface area contributed by atoms with Gasteiger partial charge in [0.15, 0.2) is 0 Å². The Kier molecular flexibility index (Phi) is 3.86. The Bertz CT molecular complexity index is 301. The Morgan fingerprint density at radius 3 is 3.08 bits per heavy atom. The van der Waals surface area contributed by atoms with Gasteiger partial charge >= 0.3 is 0 Å². The van der Waals surface area contributed by atoms with Gasteiger partial charge in [-0.3, -0.25) is 9.78 Å². The minimum atomic E-state index is -0.473.